The molecule has 2 aliphatic heterocycles. The molecule has 0 amide bonds. The van der Waals surface area contributed by atoms with Gasteiger partial charge in [-0.3, -0.25) is 4.98 Å². The van der Waals surface area contributed by atoms with Crippen LogP contribution < -0.4 is 9.64 Å². The highest BCUT2D eigenvalue weighted by molar-refractivity contribution is 6.04. The van der Waals surface area contributed by atoms with Gasteiger partial charge in [-0.15, -0.1) is 0 Å². The highest BCUT2D eigenvalue weighted by atomic mass is 16.5. The van der Waals surface area contributed by atoms with Gasteiger partial charge < -0.3 is 19.2 Å². The van der Waals surface area contributed by atoms with Crippen molar-refractivity contribution in [1.29, 1.82) is 0 Å². The zero-order valence-electron chi connectivity index (χ0n) is 18.2. The van der Waals surface area contributed by atoms with E-state index in [1.54, 1.807) is 0 Å². The Kier molecular flexibility index (Phi) is 7.65. The normalized spacial score (nSPS) is 21.9. The number of rotatable bonds is 10. The van der Waals surface area contributed by atoms with E-state index in [0.717, 1.165) is 44.4 Å². The number of benzene rings is 1. The van der Waals surface area contributed by atoms with Crippen LogP contribution in [0.25, 0.3) is 0 Å². The number of ether oxygens (including phenoxy) is 2. The van der Waals surface area contributed by atoms with Crippen LogP contribution in [-0.2, 0) is 11.3 Å². The topological polar surface area (TPSA) is 37.8 Å². The molecule has 0 saturated carbocycles. The smallest absolute Gasteiger partial charge is 0.185 e. The van der Waals surface area contributed by atoms with Gasteiger partial charge in [0, 0.05) is 31.8 Å². The fraction of sp³-hybridized carbons (Fsp3) is 0.542. The first-order valence-corrected chi connectivity index (χ1v) is 11.4. The van der Waals surface area contributed by atoms with Crippen molar-refractivity contribution in [3.8, 4) is 5.75 Å². The summed E-state index contributed by atoms with van der Waals surface area (Å²) < 4.78 is 11.9. The standard InChI is InChI=1S/C24H34BN3O2/c25-28-11-4-9-22(28)19-30-24-14-23(15-26-16-24)27-12-10-20(17-27)8-5-13-29-18-21-6-2-1-3-7-21/h1-3,6-7,14-16,20,22H,4-5,8-13,17-19,25H2/t20-,22+/m1/s1. The molecule has 0 spiro atoms. The number of hydrogen-bond donors (Lipinski definition) is 0. The van der Waals surface area contributed by atoms with Crippen molar-refractivity contribution in [2.75, 3.05) is 37.7 Å². The molecule has 0 unspecified atom stereocenters. The molecule has 0 N–H and O–H groups in total. The van der Waals surface area contributed by atoms with Gasteiger partial charge in [-0.05, 0) is 50.1 Å². The molecular formula is C24H34BN3O2. The minimum absolute atomic E-state index is 0.536. The van der Waals surface area contributed by atoms with Gasteiger partial charge in [0.2, 0.25) is 0 Å². The molecule has 1 aromatic carbocycles. The fourth-order valence-corrected chi connectivity index (χ4v) is 4.58. The number of nitrogens with zero attached hydrogens (tertiary/aromatic N) is 3. The predicted molar refractivity (Wildman–Crippen MR) is 124 cm³/mol. The molecule has 0 radical (unpaired) electrons. The maximum atomic E-state index is 6.07. The van der Waals surface area contributed by atoms with Crippen LogP contribution >= 0.6 is 0 Å². The molecule has 30 heavy (non-hydrogen) atoms. The summed E-state index contributed by atoms with van der Waals surface area (Å²) in [6.45, 7) is 5.70. The van der Waals surface area contributed by atoms with E-state index in [0.29, 0.717) is 12.6 Å². The molecule has 2 aromatic rings. The van der Waals surface area contributed by atoms with E-state index in [9.17, 15) is 0 Å². The molecule has 1 aromatic heterocycles. The molecule has 2 saturated heterocycles. The number of anilines is 1. The number of aromatic nitrogens is 1. The predicted octanol–water partition coefficient (Wildman–Crippen LogP) is 3.30. The third-order valence-electron chi connectivity index (χ3n) is 6.48. The summed E-state index contributed by atoms with van der Waals surface area (Å²) in [7, 11) is 2.19. The summed E-state index contributed by atoms with van der Waals surface area (Å²) in [5.74, 6) is 1.63. The van der Waals surface area contributed by atoms with E-state index in [2.05, 4.69) is 53.0 Å². The van der Waals surface area contributed by atoms with E-state index in [1.165, 1.54) is 43.5 Å². The third kappa shape index (κ3) is 5.99. The molecule has 0 aliphatic carbocycles. The van der Waals surface area contributed by atoms with Crippen molar-refractivity contribution in [1.82, 2.24) is 9.79 Å². The van der Waals surface area contributed by atoms with Gasteiger partial charge in [0.25, 0.3) is 0 Å². The van der Waals surface area contributed by atoms with E-state index in [1.807, 2.05) is 18.5 Å². The Morgan fingerprint density at radius 1 is 1.10 bits per heavy atom. The van der Waals surface area contributed by atoms with Crippen molar-refractivity contribution >= 4 is 13.7 Å². The van der Waals surface area contributed by atoms with Crippen LogP contribution in [0.5, 0.6) is 5.75 Å². The summed E-state index contributed by atoms with van der Waals surface area (Å²) in [6, 6.07) is 13.1. The van der Waals surface area contributed by atoms with Crippen molar-refractivity contribution in [2.24, 2.45) is 5.92 Å². The van der Waals surface area contributed by atoms with Crippen LogP contribution in [-0.4, -0.2) is 56.7 Å². The third-order valence-corrected chi connectivity index (χ3v) is 6.48. The Hall–Kier alpha value is -2.05. The molecule has 5 nitrogen and oxygen atoms in total. The lowest BCUT2D eigenvalue weighted by Crippen LogP contribution is -2.31. The van der Waals surface area contributed by atoms with Crippen LogP contribution in [0.3, 0.4) is 0 Å². The van der Waals surface area contributed by atoms with E-state index in [4.69, 9.17) is 9.47 Å². The average molecular weight is 407 g/mol. The molecule has 160 valence electrons. The Morgan fingerprint density at radius 3 is 2.83 bits per heavy atom. The first kappa shape index (κ1) is 21.2. The SMILES string of the molecule is BN1CCC[C@H]1COc1cncc(N2CC[C@@H](CCCOCc3ccccc3)C2)c1. The minimum atomic E-state index is 0.536. The van der Waals surface area contributed by atoms with Gasteiger partial charge in [-0.1, -0.05) is 30.3 Å². The van der Waals surface area contributed by atoms with E-state index < -0.39 is 0 Å². The molecule has 2 aliphatic rings. The van der Waals surface area contributed by atoms with Crippen molar-refractivity contribution in [3.63, 3.8) is 0 Å². The van der Waals surface area contributed by atoms with Crippen LogP contribution in [0.1, 0.15) is 37.7 Å². The van der Waals surface area contributed by atoms with E-state index in [-0.39, 0.29) is 0 Å². The Morgan fingerprint density at radius 2 is 2.00 bits per heavy atom. The number of pyridine rings is 1. The van der Waals surface area contributed by atoms with Gasteiger partial charge in [0.05, 0.1) is 24.7 Å². The second-order valence-corrected chi connectivity index (χ2v) is 8.75. The largest absolute Gasteiger partial charge is 0.490 e. The second-order valence-electron chi connectivity index (χ2n) is 8.75. The summed E-state index contributed by atoms with van der Waals surface area (Å²) >= 11 is 0. The molecule has 4 rings (SSSR count). The van der Waals surface area contributed by atoms with Crippen LogP contribution in [0.2, 0.25) is 0 Å². The Balaban J connectivity index is 1.17. The van der Waals surface area contributed by atoms with Gasteiger partial charge in [-0.25, -0.2) is 0 Å². The Labute approximate surface area is 181 Å². The number of hydrogen-bond acceptors (Lipinski definition) is 5. The maximum absolute atomic E-state index is 6.07. The highest BCUT2D eigenvalue weighted by Crippen LogP contribution is 2.28. The first-order chi connectivity index (χ1) is 14.8. The van der Waals surface area contributed by atoms with Gasteiger partial charge in [-0.2, -0.15) is 0 Å². The lowest BCUT2D eigenvalue weighted by atomic mass is 10.0. The molecule has 2 atom stereocenters. The highest BCUT2D eigenvalue weighted by Gasteiger charge is 2.24. The quantitative estimate of drug-likeness (QED) is 0.446. The van der Waals surface area contributed by atoms with Gasteiger partial charge in [0.15, 0.2) is 7.98 Å². The molecule has 0 bridgehead atoms. The zero-order valence-corrected chi connectivity index (χ0v) is 18.2. The summed E-state index contributed by atoms with van der Waals surface area (Å²) in [4.78, 5) is 9.28. The molecule has 2 fully saturated rings. The van der Waals surface area contributed by atoms with Gasteiger partial charge in [0.1, 0.15) is 12.4 Å². The minimum Gasteiger partial charge on any atom is -0.490 e. The van der Waals surface area contributed by atoms with E-state index >= 15 is 0 Å². The summed E-state index contributed by atoms with van der Waals surface area (Å²) in [5.41, 5.74) is 2.44. The fourth-order valence-electron chi connectivity index (χ4n) is 4.58. The lowest BCUT2D eigenvalue weighted by molar-refractivity contribution is 0.114. The zero-order chi connectivity index (χ0) is 20.6. The van der Waals surface area contributed by atoms with Crippen LogP contribution in [0.4, 0.5) is 5.69 Å². The van der Waals surface area contributed by atoms with Crippen molar-refractivity contribution in [2.45, 2.75) is 44.8 Å². The molecule has 3 heterocycles. The summed E-state index contributed by atoms with van der Waals surface area (Å²) in [6.07, 6.45) is 9.92. The summed E-state index contributed by atoms with van der Waals surface area (Å²) in [5, 5.41) is 0. The Bertz CT molecular complexity index is 776. The second kappa shape index (κ2) is 10.8. The lowest BCUT2D eigenvalue weighted by Gasteiger charge is -2.21. The monoisotopic (exact) mass is 407 g/mol. The molecule has 6 heteroatoms. The van der Waals surface area contributed by atoms with Crippen molar-refractivity contribution in [3.05, 3.63) is 54.4 Å². The molecular weight excluding hydrogens is 373 g/mol. The first-order valence-electron chi connectivity index (χ1n) is 11.4. The maximum Gasteiger partial charge on any atom is 0.185 e. The van der Waals surface area contributed by atoms with Crippen LogP contribution in [0, 0.1) is 5.92 Å². The average Bonchev–Trinajstić information content (AvgIpc) is 3.42. The van der Waals surface area contributed by atoms with Crippen LogP contribution in [0.15, 0.2) is 48.8 Å². The van der Waals surface area contributed by atoms with Crippen molar-refractivity contribution < 1.29 is 9.47 Å². The van der Waals surface area contributed by atoms with Gasteiger partial charge >= 0.3 is 0 Å².